The minimum atomic E-state index is -0.654. The number of nitrogens with zero attached hydrogens (tertiary/aromatic N) is 4. The lowest BCUT2D eigenvalue weighted by molar-refractivity contribution is 0.175. The smallest absolute Gasteiger partial charge is 0.177 e. The van der Waals surface area contributed by atoms with Gasteiger partial charge in [0.15, 0.2) is 5.82 Å². The summed E-state index contributed by atoms with van der Waals surface area (Å²) in [5, 5.41) is 23.4. The minimum absolute atomic E-state index is 0.338. The monoisotopic (exact) mass is 240 g/mol. The van der Waals surface area contributed by atoms with Gasteiger partial charge in [-0.15, -0.1) is 21.5 Å². The third-order valence-electron chi connectivity index (χ3n) is 2.11. The summed E-state index contributed by atoms with van der Waals surface area (Å²) < 4.78 is 5.14. The highest BCUT2D eigenvalue weighted by molar-refractivity contribution is 7.10. The molecule has 86 valence electrons. The Morgan fingerprint density at radius 1 is 1.62 bits per heavy atom. The van der Waals surface area contributed by atoms with Crippen molar-refractivity contribution in [3.8, 4) is 5.75 Å². The first-order valence-corrected chi connectivity index (χ1v) is 5.61. The summed E-state index contributed by atoms with van der Waals surface area (Å²) in [6.45, 7) is 0. The van der Waals surface area contributed by atoms with Crippen molar-refractivity contribution in [2.24, 2.45) is 7.05 Å². The SMILES string of the molecule is COc1ccsc1C(O)Cc1nnn(C)n1. The second kappa shape index (κ2) is 4.58. The molecule has 2 heterocycles. The van der Waals surface area contributed by atoms with Crippen molar-refractivity contribution in [1.29, 1.82) is 0 Å². The zero-order valence-electron chi connectivity index (χ0n) is 8.99. The number of aliphatic hydroxyl groups excluding tert-OH is 1. The predicted molar refractivity (Wildman–Crippen MR) is 58.3 cm³/mol. The number of aliphatic hydroxyl groups is 1. The standard InChI is InChI=1S/C9H12N4O2S/c1-13-11-8(10-12-13)5-6(14)9-7(15-2)3-4-16-9/h3-4,6,14H,5H2,1-2H3. The van der Waals surface area contributed by atoms with E-state index in [1.54, 1.807) is 14.2 Å². The van der Waals surface area contributed by atoms with Crippen LogP contribution in [-0.4, -0.2) is 32.4 Å². The van der Waals surface area contributed by atoms with E-state index in [0.29, 0.717) is 18.0 Å². The Balaban J connectivity index is 2.11. The molecule has 1 N–H and O–H groups in total. The predicted octanol–water partition coefficient (Wildman–Crippen LogP) is 0.556. The summed E-state index contributed by atoms with van der Waals surface area (Å²) in [5.41, 5.74) is 0. The van der Waals surface area contributed by atoms with Crippen LogP contribution in [0.3, 0.4) is 0 Å². The number of methoxy groups -OCH3 is 1. The molecule has 0 saturated heterocycles. The van der Waals surface area contributed by atoms with Crippen molar-refractivity contribution >= 4 is 11.3 Å². The summed E-state index contributed by atoms with van der Waals surface area (Å²) in [4.78, 5) is 2.16. The van der Waals surface area contributed by atoms with Gasteiger partial charge in [0.1, 0.15) is 5.75 Å². The first-order chi connectivity index (χ1) is 7.70. The van der Waals surface area contributed by atoms with Crippen molar-refractivity contribution in [2.75, 3.05) is 7.11 Å². The fraction of sp³-hybridized carbons (Fsp3) is 0.444. The normalized spacial score (nSPS) is 12.7. The Hall–Kier alpha value is -1.47. The van der Waals surface area contributed by atoms with E-state index in [4.69, 9.17) is 4.74 Å². The second-order valence-electron chi connectivity index (χ2n) is 3.27. The quantitative estimate of drug-likeness (QED) is 0.845. The first kappa shape index (κ1) is 11.0. The van der Waals surface area contributed by atoms with Crippen LogP contribution in [0.4, 0.5) is 0 Å². The maximum absolute atomic E-state index is 10.00. The van der Waals surface area contributed by atoms with Gasteiger partial charge in [-0.1, -0.05) is 0 Å². The molecule has 0 spiro atoms. The van der Waals surface area contributed by atoms with Crippen LogP contribution >= 0.6 is 11.3 Å². The number of tetrazole rings is 1. The van der Waals surface area contributed by atoms with Crippen molar-refractivity contribution in [2.45, 2.75) is 12.5 Å². The van der Waals surface area contributed by atoms with E-state index in [1.165, 1.54) is 16.1 Å². The van der Waals surface area contributed by atoms with E-state index in [-0.39, 0.29) is 0 Å². The van der Waals surface area contributed by atoms with Crippen LogP contribution in [0.15, 0.2) is 11.4 Å². The third-order valence-corrected chi connectivity index (χ3v) is 3.10. The van der Waals surface area contributed by atoms with Gasteiger partial charge in [-0.2, -0.15) is 4.80 Å². The van der Waals surface area contributed by atoms with E-state index in [0.717, 1.165) is 4.88 Å². The lowest BCUT2D eigenvalue weighted by Crippen LogP contribution is -2.03. The number of thiophene rings is 1. The largest absolute Gasteiger partial charge is 0.495 e. The summed E-state index contributed by atoms with van der Waals surface area (Å²) in [7, 11) is 3.27. The Bertz CT molecular complexity index is 468. The van der Waals surface area contributed by atoms with Gasteiger partial charge in [0.05, 0.1) is 25.1 Å². The average Bonchev–Trinajstić information content (AvgIpc) is 2.86. The van der Waals surface area contributed by atoms with Crippen LogP contribution < -0.4 is 4.74 Å². The minimum Gasteiger partial charge on any atom is -0.495 e. The molecule has 0 aliphatic rings. The molecule has 0 aromatic carbocycles. The highest BCUT2D eigenvalue weighted by atomic mass is 32.1. The summed E-state index contributed by atoms with van der Waals surface area (Å²) in [6.07, 6.45) is -0.316. The van der Waals surface area contributed by atoms with Crippen LogP contribution in [0.25, 0.3) is 0 Å². The summed E-state index contributed by atoms with van der Waals surface area (Å²) in [5.74, 6) is 1.21. The maximum Gasteiger partial charge on any atom is 0.177 e. The molecule has 0 fully saturated rings. The summed E-state index contributed by atoms with van der Waals surface area (Å²) >= 11 is 1.45. The third kappa shape index (κ3) is 2.20. The number of aryl methyl sites for hydroxylation is 1. The molecular formula is C9H12N4O2S. The Morgan fingerprint density at radius 2 is 2.44 bits per heavy atom. The Morgan fingerprint density at radius 3 is 3.06 bits per heavy atom. The van der Waals surface area contributed by atoms with Crippen molar-refractivity contribution in [3.63, 3.8) is 0 Å². The van der Waals surface area contributed by atoms with Crippen molar-refractivity contribution in [3.05, 3.63) is 22.1 Å². The summed E-state index contributed by atoms with van der Waals surface area (Å²) in [6, 6.07) is 1.83. The van der Waals surface area contributed by atoms with Gasteiger partial charge < -0.3 is 9.84 Å². The number of hydrogen-bond donors (Lipinski definition) is 1. The van der Waals surface area contributed by atoms with E-state index in [9.17, 15) is 5.11 Å². The number of ether oxygens (including phenoxy) is 1. The number of hydrogen-bond acceptors (Lipinski definition) is 6. The van der Waals surface area contributed by atoms with E-state index in [2.05, 4.69) is 15.4 Å². The van der Waals surface area contributed by atoms with Crippen LogP contribution in [0.1, 0.15) is 16.8 Å². The van der Waals surface area contributed by atoms with Gasteiger partial charge in [-0.3, -0.25) is 0 Å². The molecule has 0 aliphatic carbocycles. The number of aromatic nitrogens is 4. The second-order valence-corrected chi connectivity index (χ2v) is 4.22. The number of rotatable bonds is 4. The molecule has 2 aromatic heterocycles. The van der Waals surface area contributed by atoms with E-state index >= 15 is 0 Å². The first-order valence-electron chi connectivity index (χ1n) is 4.73. The molecule has 0 bridgehead atoms. The molecule has 0 saturated carbocycles. The van der Waals surface area contributed by atoms with Gasteiger partial charge in [0, 0.05) is 6.42 Å². The molecule has 2 aromatic rings. The molecule has 2 rings (SSSR count). The molecular weight excluding hydrogens is 228 g/mol. The highest BCUT2D eigenvalue weighted by Gasteiger charge is 2.17. The molecule has 0 aliphatic heterocycles. The van der Waals surface area contributed by atoms with Gasteiger partial charge in [0.25, 0.3) is 0 Å². The van der Waals surface area contributed by atoms with Crippen LogP contribution in [0.2, 0.25) is 0 Å². The van der Waals surface area contributed by atoms with E-state index < -0.39 is 6.10 Å². The zero-order chi connectivity index (χ0) is 11.5. The van der Waals surface area contributed by atoms with Crippen molar-refractivity contribution < 1.29 is 9.84 Å². The fourth-order valence-electron chi connectivity index (χ4n) is 1.39. The molecule has 0 radical (unpaired) electrons. The fourth-order valence-corrected chi connectivity index (χ4v) is 2.24. The van der Waals surface area contributed by atoms with Crippen LogP contribution in [-0.2, 0) is 13.5 Å². The molecule has 1 unspecified atom stereocenters. The Labute approximate surface area is 96.5 Å². The molecule has 1 atom stereocenters. The molecule has 6 nitrogen and oxygen atoms in total. The average molecular weight is 240 g/mol. The van der Waals surface area contributed by atoms with Gasteiger partial charge >= 0.3 is 0 Å². The lowest BCUT2D eigenvalue weighted by Gasteiger charge is -2.07. The van der Waals surface area contributed by atoms with Gasteiger partial charge in [-0.25, -0.2) is 0 Å². The lowest BCUT2D eigenvalue weighted by atomic mass is 10.2. The van der Waals surface area contributed by atoms with E-state index in [1.807, 2.05) is 11.4 Å². The highest BCUT2D eigenvalue weighted by Crippen LogP contribution is 2.31. The van der Waals surface area contributed by atoms with Crippen molar-refractivity contribution in [1.82, 2.24) is 20.2 Å². The molecule has 16 heavy (non-hydrogen) atoms. The zero-order valence-corrected chi connectivity index (χ0v) is 9.81. The van der Waals surface area contributed by atoms with Gasteiger partial charge in [0.2, 0.25) is 0 Å². The van der Waals surface area contributed by atoms with Crippen LogP contribution in [0.5, 0.6) is 5.75 Å². The van der Waals surface area contributed by atoms with Gasteiger partial charge in [-0.05, 0) is 16.7 Å². The van der Waals surface area contributed by atoms with Crippen LogP contribution in [0, 0.1) is 0 Å². The topological polar surface area (TPSA) is 73.1 Å². The molecule has 0 amide bonds. The Kier molecular flexibility index (Phi) is 3.16. The molecule has 7 heteroatoms. The maximum atomic E-state index is 10.00.